The van der Waals surface area contributed by atoms with Crippen molar-refractivity contribution in [2.45, 2.75) is 0 Å². The van der Waals surface area contributed by atoms with Crippen LogP contribution in [0, 0.1) is 0 Å². The predicted octanol–water partition coefficient (Wildman–Crippen LogP) is 3.88. The number of anilines is 1. The molecule has 0 radical (unpaired) electrons. The lowest BCUT2D eigenvalue weighted by atomic mass is 10.1. The number of thiazole rings is 2. The van der Waals surface area contributed by atoms with Crippen LogP contribution >= 0.6 is 22.7 Å². The molecule has 0 spiro atoms. The molecule has 28 heavy (non-hydrogen) atoms. The zero-order valence-electron chi connectivity index (χ0n) is 15.3. The SMILES string of the molecule is COc1cccc2sc(N3CCN(C(=O)c4ccc5ncsc5c4)CC3)nc12. The summed E-state index contributed by atoms with van der Waals surface area (Å²) in [4.78, 5) is 26.1. The summed E-state index contributed by atoms with van der Waals surface area (Å²) in [5.74, 6) is 0.883. The van der Waals surface area contributed by atoms with E-state index in [2.05, 4.69) is 16.0 Å². The van der Waals surface area contributed by atoms with Crippen molar-refractivity contribution in [1.82, 2.24) is 14.9 Å². The first-order valence-corrected chi connectivity index (χ1v) is 10.7. The molecule has 1 amide bonds. The van der Waals surface area contributed by atoms with Crippen molar-refractivity contribution in [2.24, 2.45) is 0 Å². The highest BCUT2D eigenvalue weighted by atomic mass is 32.1. The molecule has 4 aromatic rings. The Hall–Kier alpha value is -2.71. The molecule has 142 valence electrons. The van der Waals surface area contributed by atoms with Gasteiger partial charge >= 0.3 is 0 Å². The van der Waals surface area contributed by atoms with E-state index in [1.165, 1.54) is 0 Å². The smallest absolute Gasteiger partial charge is 0.254 e. The number of amides is 1. The Morgan fingerprint density at radius 1 is 1.11 bits per heavy atom. The lowest BCUT2D eigenvalue weighted by Gasteiger charge is -2.34. The van der Waals surface area contributed by atoms with E-state index < -0.39 is 0 Å². The number of piperazine rings is 1. The first-order valence-electron chi connectivity index (χ1n) is 9.04. The Kier molecular flexibility index (Phi) is 4.37. The van der Waals surface area contributed by atoms with Crippen LogP contribution in [-0.2, 0) is 0 Å². The summed E-state index contributed by atoms with van der Waals surface area (Å²) in [6.07, 6.45) is 0. The fraction of sp³-hybridized carbons (Fsp3) is 0.250. The molecule has 6 nitrogen and oxygen atoms in total. The largest absolute Gasteiger partial charge is 0.494 e. The van der Waals surface area contributed by atoms with Crippen LogP contribution in [-0.4, -0.2) is 54.1 Å². The number of para-hydroxylation sites is 1. The van der Waals surface area contributed by atoms with Crippen LogP contribution in [0.1, 0.15) is 10.4 Å². The summed E-state index contributed by atoms with van der Waals surface area (Å²) in [5, 5.41) is 0.984. The summed E-state index contributed by atoms with van der Waals surface area (Å²) in [7, 11) is 1.67. The Balaban J connectivity index is 1.31. The second kappa shape index (κ2) is 7.03. The lowest BCUT2D eigenvalue weighted by Crippen LogP contribution is -2.48. The summed E-state index contributed by atoms with van der Waals surface area (Å²) >= 11 is 3.23. The van der Waals surface area contributed by atoms with Crippen molar-refractivity contribution in [3.05, 3.63) is 47.5 Å². The first kappa shape index (κ1) is 17.4. The molecular formula is C20H18N4O2S2. The van der Waals surface area contributed by atoms with Gasteiger partial charge in [0.1, 0.15) is 11.3 Å². The molecule has 1 saturated heterocycles. The molecule has 1 aliphatic rings. The predicted molar refractivity (Wildman–Crippen MR) is 114 cm³/mol. The van der Waals surface area contributed by atoms with Gasteiger partial charge < -0.3 is 14.5 Å². The maximum absolute atomic E-state index is 12.9. The number of fused-ring (bicyclic) bond motifs is 2. The standard InChI is InChI=1S/C20H18N4O2S2/c1-26-15-3-2-4-16-18(15)22-20(28-16)24-9-7-23(8-10-24)19(25)13-5-6-14-17(11-13)27-12-21-14/h2-6,11-12H,7-10H2,1H3. The van der Waals surface area contributed by atoms with Gasteiger partial charge in [0, 0.05) is 31.7 Å². The molecule has 2 aromatic carbocycles. The van der Waals surface area contributed by atoms with E-state index in [0.717, 1.165) is 50.0 Å². The van der Waals surface area contributed by atoms with Crippen molar-refractivity contribution >= 4 is 54.1 Å². The average Bonchev–Trinajstić information content (AvgIpc) is 3.39. The summed E-state index contributed by atoms with van der Waals surface area (Å²) in [5.41, 5.74) is 4.39. The fourth-order valence-corrected chi connectivity index (χ4v) is 5.23. The van der Waals surface area contributed by atoms with E-state index >= 15 is 0 Å². The van der Waals surface area contributed by atoms with Crippen LogP contribution in [0.25, 0.3) is 20.4 Å². The number of hydrogen-bond donors (Lipinski definition) is 0. The van der Waals surface area contributed by atoms with Gasteiger partial charge in [0.25, 0.3) is 5.91 Å². The molecule has 1 fully saturated rings. The van der Waals surface area contributed by atoms with Gasteiger partial charge in [-0.25, -0.2) is 9.97 Å². The number of methoxy groups -OCH3 is 1. The topological polar surface area (TPSA) is 58.6 Å². The van der Waals surface area contributed by atoms with E-state index in [1.807, 2.05) is 40.7 Å². The van der Waals surface area contributed by atoms with Crippen LogP contribution in [0.15, 0.2) is 41.9 Å². The molecule has 8 heteroatoms. The number of carbonyl (C=O) groups excluding carboxylic acids is 1. The van der Waals surface area contributed by atoms with Crippen molar-refractivity contribution in [1.29, 1.82) is 0 Å². The third-order valence-corrected chi connectivity index (χ3v) is 6.88. The molecule has 0 aliphatic carbocycles. The van der Waals surface area contributed by atoms with Crippen LogP contribution in [0.3, 0.4) is 0 Å². The average molecular weight is 411 g/mol. The Bertz CT molecular complexity index is 1160. The highest BCUT2D eigenvalue weighted by Crippen LogP contribution is 2.34. The highest BCUT2D eigenvalue weighted by Gasteiger charge is 2.24. The number of ether oxygens (including phenoxy) is 1. The first-order chi connectivity index (χ1) is 13.7. The van der Waals surface area contributed by atoms with Gasteiger partial charge in [-0.15, -0.1) is 11.3 Å². The normalized spacial score (nSPS) is 14.8. The van der Waals surface area contributed by atoms with Gasteiger partial charge in [-0.3, -0.25) is 4.79 Å². The zero-order chi connectivity index (χ0) is 19.1. The van der Waals surface area contributed by atoms with Crippen LogP contribution in [0.2, 0.25) is 0 Å². The van der Waals surface area contributed by atoms with Gasteiger partial charge in [0.2, 0.25) is 0 Å². The molecule has 0 unspecified atom stereocenters. The molecule has 0 atom stereocenters. The Morgan fingerprint density at radius 2 is 1.96 bits per heavy atom. The van der Waals surface area contributed by atoms with Gasteiger partial charge in [-0.1, -0.05) is 17.4 Å². The number of benzene rings is 2. The van der Waals surface area contributed by atoms with Crippen molar-refractivity contribution in [3.8, 4) is 5.75 Å². The van der Waals surface area contributed by atoms with E-state index in [9.17, 15) is 4.79 Å². The molecular weight excluding hydrogens is 392 g/mol. The minimum absolute atomic E-state index is 0.0842. The zero-order valence-corrected chi connectivity index (χ0v) is 16.9. The van der Waals surface area contributed by atoms with Crippen LogP contribution in [0.4, 0.5) is 5.13 Å². The number of aromatic nitrogens is 2. The fourth-order valence-electron chi connectivity index (χ4n) is 3.48. The van der Waals surface area contributed by atoms with Gasteiger partial charge in [0.15, 0.2) is 5.13 Å². The molecule has 0 saturated carbocycles. The number of rotatable bonds is 3. The third-order valence-electron chi connectivity index (χ3n) is 5.01. The number of carbonyl (C=O) groups is 1. The molecule has 0 N–H and O–H groups in total. The summed E-state index contributed by atoms with van der Waals surface area (Å²) < 4.78 is 7.58. The second-order valence-corrected chi connectivity index (χ2v) is 8.51. The van der Waals surface area contributed by atoms with Crippen LogP contribution < -0.4 is 9.64 Å². The maximum atomic E-state index is 12.9. The lowest BCUT2D eigenvalue weighted by molar-refractivity contribution is 0.0747. The van der Waals surface area contributed by atoms with Crippen molar-refractivity contribution < 1.29 is 9.53 Å². The van der Waals surface area contributed by atoms with Gasteiger partial charge in [-0.2, -0.15) is 0 Å². The molecule has 1 aliphatic heterocycles. The number of nitrogens with zero attached hydrogens (tertiary/aromatic N) is 4. The van der Waals surface area contributed by atoms with Gasteiger partial charge in [-0.05, 0) is 30.3 Å². The minimum atomic E-state index is 0.0842. The van der Waals surface area contributed by atoms with E-state index in [4.69, 9.17) is 9.72 Å². The monoisotopic (exact) mass is 410 g/mol. The van der Waals surface area contributed by atoms with Crippen LogP contribution in [0.5, 0.6) is 5.75 Å². The summed E-state index contributed by atoms with van der Waals surface area (Å²) in [6.45, 7) is 2.92. The third kappa shape index (κ3) is 2.98. The van der Waals surface area contributed by atoms with Crippen molar-refractivity contribution in [2.75, 3.05) is 38.2 Å². The van der Waals surface area contributed by atoms with E-state index in [-0.39, 0.29) is 5.91 Å². The molecule has 5 rings (SSSR count). The minimum Gasteiger partial charge on any atom is -0.494 e. The summed E-state index contributed by atoms with van der Waals surface area (Å²) in [6, 6.07) is 11.7. The number of hydrogen-bond acceptors (Lipinski definition) is 7. The van der Waals surface area contributed by atoms with Crippen molar-refractivity contribution in [3.63, 3.8) is 0 Å². The second-order valence-electron chi connectivity index (χ2n) is 6.62. The molecule has 2 aromatic heterocycles. The highest BCUT2D eigenvalue weighted by molar-refractivity contribution is 7.22. The molecule has 0 bridgehead atoms. The Labute approximate surface area is 170 Å². The molecule has 3 heterocycles. The maximum Gasteiger partial charge on any atom is 0.254 e. The van der Waals surface area contributed by atoms with E-state index in [0.29, 0.717) is 13.1 Å². The van der Waals surface area contributed by atoms with E-state index in [1.54, 1.807) is 29.8 Å². The van der Waals surface area contributed by atoms with Gasteiger partial charge in [0.05, 0.1) is 27.5 Å². The quantitative estimate of drug-likeness (QED) is 0.513. The Morgan fingerprint density at radius 3 is 2.79 bits per heavy atom.